The maximum Gasteiger partial charge on any atom is 0.295 e. The second-order valence-corrected chi connectivity index (χ2v) is 3.01. The number of hydrogen-bond donors (Lipinski definition) is 2. The molecule has 1 rings (SSSR count). The number of hydrogen-bond acceptors (Lipinski definition) is 4. The number of nitrogens with zero attached hydrogens (tertiary/aromatic N) is 1. The number of anilines is 1. The summed E-state index contributed by atoms with van der Waals surface area (Å²) in [5, 5.41) is 13.5. The van der Waals surface area contributed by atoms with Crippen LogP contribution in [-0.2, 0) is 0 Å². The highest BCUT2D eigenvalue weighted by Gasteiger charge is 2.21. The lowest BCUT2D eigenvalue weighted by atomic mass is 10.0. The molecular weight excluding hydrogens is 198 g/mol. The molecule has 0 aromatic heterocycles. The van der Waals surface area contributed by atoms with Crippen LogP contribution in [0.5, 0.6) is 0 Å². The summed E-state index contributed by atoms with van der Waals surface area (Å²) in [6.07, 6.45) is 0. The Labute approximate surface area is 86.2 Å². The number of amides is 1. The van der Waals surface area contributed by atoms with Gasteiger partial charge in [0, 0.05) is 18.2 Å². The van der Waals surface area contributed by atoms with Gasteiger partial charge in [-0.3, -0.25) is 14.9 Å². The normalized spacial score (nSPS) is 9.73. The molecule has 0 saturated heterocycles. The third-order valence-electron chi connectivity index (χ3n) is 2.15. The van der Waals surface area contributed by atoms with Crippen molar-refractivity contribution >= 4 is 17.3 Å². The van der Waals surface area contributed by atoms with Gasteiger partial charge in [0.2, 0.25) is 5.91 Å². The second-order valence-electron chi connectivity index (χ2n) is 3.01. The topological polar surface area (TPSA) is 98.3 Å². The highest BCUT2D eigenvalue weighted by molar-refractivity contribution is 5.96. The zero-order valence-corrected chi connectivity index (χ0v) is 8.40. The number of nitro benzene ring substituents is 1. The van der Waals surface area contributed by atoms with Gasteiger partial charge in [-0.1, -0.05) is 0 Å². The van der Waals surface area contributed by atoms with E-state index in [9.17, 15) is 14.9 Å². The average Bonchev–Trinajstić information content (AvgIpc) is 2.15. The first-order chi connectivity index (χ1) is 6.99. The minimum Gasteiger partial charge on any atom is -0.383 e. The van der Waals surface area contributed by atoms with Gasteiger partial charge in [-0.15, -0.1) is 0 Å². The summed E-state index contributed by atoms with van der Waals surface area (Å²) in [5.41, 5.74) is 5.78. The predicted molar refractivity (Wildman–Crippen MR) is 55.9 cm³/mol. The quantitative estimate of drug-likeness (QED) is 0.574. The zero-order valence-electron chi connectivity index (χ0n) is 8.40. The van der Waals surface area contributed by atoms with E-state index in [2.05, 4.69) is 5.32 Å². The van der Waals surface area contributed by atoms with Crippen LogP contribution in [0.4, 0.5) is 11.4 Å². The molecule has 6 heteroatoms. The Bertz CT molecular complexity index is 429. The second kappa shape index (κ2) is 3.95. The monoisotopic (exact) mass is 209 g/mol. The Morgan fingerprint density at radius 3 is 2.53 bits per heavy atom. The molecule has 0 unspecified atom stereocenters. The summed E-state index contributed by atoms with van der Waals surface area (Å²) in [4.78, 5) is 21.2. The summed E-state index contributed by atoms with van der Waals surface area (Å²) in [5.74, 6) is -0.668. The van der Waals surface area contributed by atoms with E-state index in [-0.39, 0.29) is 16.8 Å². The van der Waals surface area contributed by atoms with Gasteiger partial charge < -0.3 is 11.1 Å². The Hall–Kier alpha value is -2.11. The van der Waals surface area contributed by atoms with Gasteiger partial charge in [0.25, 0.3) is 5.69 Å². The third-order valence-corrected chi connectivity index (χ3v) is 2.15. The standard InChI is InChI=1S/C9H11N3O3/c1-5-6(9(10)13)3-4-7(11-2)8(5)12(14)15/h3-4,11H,1-2H3,(H2,10,13). The number of rotatable bonds is 3. The maximum atomic E-state index is 11.0. The average molecular weight is 209 g/mol. The molecule has 0 spiro atoms. The molecule has 15 heavy (non-hydrogen) atoms. The molecule has 80 valence electrons. The van der Waals surface area contributed by atoms with E-state index in [0.29, 0.717) is 5.69 Å². The van der Waals surface area contributed by atoms with Crippen molar-refractivity contribution in [2.75, 3.05) is 12.4 Å². The van der Waals surface area contributed by atoms with Crippen molar-refractivity contribution in [2.45, 2.75) is 6.92 Å². The van der Waals surface area contributed by atoms with Crippen LogP contribution in [-0.4, -0.2) is 17.9 Å². The third kappa shape index (κ3) is 1.88. The number of carbonyl (C=O) groups excluding carboxylic acids is 1. The highest BCUT2D eigenvalue weighted by Crippen LogP contribution is 2.30. The lowest BCUT2D eigenvalue weighted by Gasteiger charge is -2.07. The molecule has 3 N–H and O–H groups in total. The van der Waals surface area contributed by atoms with Crippen LogP contribution in [0.3, 0.4) is 0 Å². The Balaban J connectivity index is 3.49. The number of benzene rings is 1. The summed E-state index contributed by atoms with van der Waals surface area (Å²) < 4.78 is 0. The van der Waals surface area contributed by atoms with Gasteiger partial charge >= 0.3 is 0 Å². The van der Waals surface area contributed by atoms with E-state index in [4.69, 9.17) is 5.73 Å². The van der Waals surface area contributed by atoms with Gasteiger partial charge in [0.1, 0.15) is 5.69 Å². The number of nitrogens with one attached hydrogen (secondary N) is 1. The molecule has 0 fully saturated rings. The highest BCUT2D eigenvalue weighted by atomic mass is 16.6. The lowest BCUT2D eigenvalue weighted by molar-refractivity contribution is -0.384. The van der Waals surface area contributed by atoms with Crippen molar-refractivity contribution in [3.8, 4) is 0 Å². The first-order valence-electron chi connectivity index (χ1n) is 4.24. The molecule has 1 aromatic carbocycles. The van der Waals surface area contributed by atoms with Crippen LogP contribution in [0.25, 0.3) is 0 Å². The molecule has 0 radical (unpaired) electrons. The van der Waals surface area contributed by atoms with Crippen molar-refractivity contribution in [1.29, 1.82) is 0 Å². The van der Waals surface area contributed by atoms with Crippen molar-refractivity contribution < 1.29 is 9.72 Å². The maximum absolute atomic E-state index is 11.0. The zero-order chi connectivity index (χ0) is 11.6. The molecule has 6 nitrogen and oxygen atoms in total. The molecule has 0 atom stereocenters. The van der Waals surface area contributed by atoms with E-state index in [0.717, 1.165) is 0 Å². The van der Waals surface area contributed by atoms with Gasteiger partial charge in [-0.05, 0) is 19.1 Å². The number of primary amides is 1. The fraction of sp³-hybridized carbons (Fsp3) is 0.222. The van der Waals surface area contributed by atoms with Crippen molar-refractivity contribution in [2.24, 2.45) is 5.73 Å². The van der Waals surface area contributed by atoms with E-state index in [1.54, 1.807) is 7.05 Å². The van der Waals surface area contributed by atoms with Crippen LogP contribution in [0, 0.1) is 17.0 Å². The Morgan fingerprint density at radius 2 is 2.13 bits per heavy atom. The SMILES string of the molecule is CNc1ccc(C(N)=O)c(C)c1[N+](=O)[O-]. The van der Waals surface area contributed by atoms with Crippen LogP contribution in [0.15, 0.2) is 12.1 Å². The van der Waals surface area contributed by atoms with Gasteiger partial charge in [-0.2, -0.15) is 0 Å². The van der Waals surface area contributed by atoms with E-state index >= 15 is 0 Å². The first kappa shape index (κ1) is 11.0. The molecule has 0 heterocycles. The molecule has 0 aliphatic rings. The molecule has 0 saturated carbocycles. The van der Waals surface area contributed by atoms with Crippen molar-refractivity contribution in [3.63, 3.8) is 0 Å². The van der Waals surface area contributed by atoms with Crippen molar-refractivity contribution in [3.05, 3.63) is 33.4 Å². The van der Waals surface area contributed by atoms with Crippen LogP contribution in [0.1, 0.15) is 15.9 Å². The fourth-order valence-electron chi connectivity index (χ4n) is 1.40. The minimum absolute atomic E-state index is 0.117. The first-order valence-corrected chi connectivity index (χ1v) is 4.24. The largest absolute Gasteiger partial charge is 0.383 e. The summed E-state index contributed by atoms with van der Waals surface area (Å²) in [6.45, 7) is 1.50. The van der Waals surface area contributed by atoms with Gasteiger partial charge in [-0.25, -0.2) is 0 Å². The van der Waals surface area contributed by atoms with Crippen LogP contribution >= 0.6 is 0 Å². The molecular formula is C9H11N3O3. The smallest absolute Gasteiger partial charge is 0.295 e. The van der Waals surface area contributed by atoms with Crippen molar-refractivity contribution in [1.82, 2.24) is 0 Å². The van der Waals surface area contributed by atoms with E-state index in [1.165, 1.54) is 19.1 Å². The summed E-state index contributed by atoms with van der Waals surface area (Å²) in [6, 6.07) is 2.93. The summed E-state index contributed by atoms with van der Waals surface area (Å²) >= 11 is 0. The van der Waals surface area contributed by atoms with Gasteiger partial charge in [0.05, 0.1) is 4.92 Å². The molecule has 1 amide bonds. The van der Waals surface area contributed by atoms with E-state index in [1.807, 2.05) is 0 Å². The molecule has 0 bridgehead atoms. The Kier molecular flexibility index (Phi) is 2.89. The lowest BCUT2D eigenvalue weighted by Crippen LogP contribution is -2.14. The molecule has 0 aliphatic heterocycles. The van der Waals surface area contributed by atoms with Crippen LogP contribution < -0.4 is 11.1 Å². The van der Waals surface area contributed by atoms with Gasteiger partial charge in [0.15, 0.2) is 0 Å². The number of nitro groups is 1. The number of nitrogens with two attached hydrogens (primary N) is 1. The molecule has 1 aromatic rings. The molecule has 0 aliphatic carbocycles. The van der Waals surface area contributed by atoms with E-state index < -0.39 is 10.8 Å². The fourth-order valence-corrected chi connectivity index (χ4v) is 1.40. The van der Waals surface area contributed by atoms with Crippen LogP contribution in [0.2, 0.25) is 0 Å². The number of carbonyl (C=O) groups is 1. The summed E-state index contributed by atoms with van der Waals surface area (Å²) in [7, 11) is 1.58. The minimum atomic E-state index is -0.668. The predicted octanol–water partition coefficient (Wildman–Crippen LogP) is 1.04. The Morgan fingerprint density at radius 1 is 1.53 bits per heavy atom.